The number of carbonyl (C=O) groups excluding carboxylic acids is 2. The number of phosphoric acid groups is 1. The van der Waals surface area contributed by atoms with E-state index >= 15 is 0 Å². The molecule has 0 spiro atoms. The van der Waals surface area contributed by atoms with Crippen LogP contribution in [0.3, 0.4) is 0 Å². The van der Waals surface area contributed by atoms with Crippen LogP contribution in [0.25, 0.3) is 0 Å². The van der Waals surface area contributed by atoms with Crippen molar-refractivity contribution in [3.8, 4) is 0 Å². The van der Waals surface area contributed by atoms with E-state index in [4.69, 9.17) is 24.8 Å². The van der Waals surface area contributed by atoms with Crippen LogP contribution in [0.4, 0.5) is 0 Å². The van der Waals surface area contributed by atoms with Gasteiger partial charge in [0.1, 0.15) is 12.6 Å². The summed E-state index contributed by atoms with van der Waals surface area (Å²) in [4.78, 5) is 44.2. The molecule has 242 valence electrons. The first-order valence-electron chi connectivity index (χ1n) is 15.6. The molecule has 0 heterocycles. The van der Waals surface area contributed by atoms with Crippen LogP contribution in [0.5, 0.6) is 0 Å². The average molecular weight is 610 g/mol. The van der Waals surface area contributed by atoms with Crippen LogP contribution in [-0.2, 0) is 37.5 Å². The first-order chi connectivity index (χ1) is 19.6. The summed E-state index contributed by atoms with van der Waals surface area (Å²) in [6, 6.07) is -1.51. The number of esters is 2. The van der Waals surface area contributed by atoms with Crippen molar-refractivity contribution >= 4 is 25.7 Å². The number of ether oxygens (including phenoxy) is 2. The highest BCUT2D eigenvalue weighted by Crippen LogP contribution is 2.43. The number of carbonyl (C=O) groups is 3. The van der Waals surface area contributed by atoms with Crippen molar-refractivity contribution in [3.63, 3.8) is 0 Å². The Kier molecular flexibility index (Phi) is 25.2. The predicted octanol–water partition coefficient (Wildman–Crippen LogP) is 6.44. The summed E-state index contributed by atoms with van der Waals surface area (Å²) in [5.74, 6) is -2.48. The number of phosphoric ester groups is 1. The van der Waals surface area contributed by atoms with E-state index < -0.39 is 51.1 Å². The fraction of sp³-hybridized carbons (Fsp3) is 0.897. The number of unbranched alkanes of at least 4 members (excludes halogenated alkanes) is 16. The van der Waals surface area contributed by atoms with Gasteiger partial charge in [0.15, 0.2) is 6.10 Å². The summed E-state index contributed by atoms with van der Waals surface area (Å²) in [6.45, 7) is 2.15. The van der Waals surface area contributed by atoms with E-state index in [2.05, 4.69) is 11.4 Å². The molecule has 0 aliphatic rings. The number of carboxylic acids is 1. The SMILES string of the molecule is CCCCCCCCCCCCCCCCCCCC(=O)OC(COC(=O)CC)COP(=O)(O)OCC(N)C(=O)O. The molecule has 0 rings (SSSR count). The van der Waals surface area contributed by atoms with E-state index in [0.717, 1.165) is 19.3 Å². The molecule has 3 unspecified atom stereocenters. The molecule has 0 aromatic heterocycles. The number of hydrogen-bond acceptors (Lipinski definition) is 9. The van der Waals surface area contributed by atoms with E-state index in [0.29, 0.717) is 6.42 Å². The molecule has 0 fully saturated rings. The number of rotatable bonds is 29. The predicted molar refractivity (Wildman–Crippen MR) is 157 cm³/mol. The third kappa shape index (κ3) is 25.9. The van der Waals surface area contributed by atoms with Crippen LogP contribution in [-0.4, -0.2) is 59.9 Å². The molecule has 0 aliphatic heterocycles. The number of carboxylic acid groups (broad SMARTS) is 1. The van der Waals surface area contributed by atoms with Gasteiger partial charge in [-0.25, -0.2) is 4.57 Å². The van der Waals surface area contributed by atoms with Gasteiger partial charge in [-0.1, -0.05) is 117 Å². The molecule has 4 N–H and O–H groups in total. The summed E-state index contributed by atoms with van der Waals surface area (Å²) < 4.78 is 31.6. The second-order valence-electron chi connectivity index (χ2n) is 10.6. The average Bonchev–Trinajstić information content (AvgIpc) is 2.94. The van der Waals surface area contributed by atoms with Gasteiger partial charge in [-0.15, -0.1) is 0 Å². The largest absolute Gasteiger partial charge is 0.480 e. The first-order valence-corrected chi connectivity index (χ1v) is 17.1. The van der Waals surface area contributed by atoms with Crippen molar-refractivity contribution < 1.29 is 47.5 Å². The van der Waals surface area contributed by atoms with Crippen molar-refractivity contribution in [2.45, 2.75) is 148 Å². The zero-order valence-corrected chi connectivity index (χ0v) is 26.3. The number of hydrogen-bond donors (Lipinski definition) is 3. The molecule has 0 saturated heterocycles. The molecule has 0 saturated carbocycles. The maximum absolute atomic E-state index is 12.3. The van der Waals surface area contributed by atoms with Crippen LogP contribution in [0.2, 0.25) is 0 Å². The molecular formula is C29H56NO10P. The Balaban J connectivity index is 4.02. The van der Waals surface area contributed by atoms with Crippen LogP contribution in [0.15, 0.2) is 0 Å². The molecule has 0 aliphatic carbocycles. The summed E-state index contributed by atoms with van der Waals surface area (Å²) in [5, 5.41) is 8.73. The number of nitrogens with two attached hydrogens (primary N) is 1. The lowest BCUT2D eigenvalue weighted by Gasteiger charge is -2.20. The van der Waals surface area contributed by atoms with E-state index in [1.165, 1.54) is 83.5 Å². The Morgan fingerprint density at radius 3 is 1.56 bits per heavy atom. The molecule has 11 nitrogen and oxygen atoms in total. The van der Waals surface area contributed by atoms with Crippen molar-refractivity contribution in [3.05, 3.63) is 0 Å². The van der Waals surface area contributed by atoms with Crippen molar-refractivity contribution in [2.75, 3.05) is 19.8 Å². The van der Waals surface area contributed by atoms with Crippen molar-refractivity contribution in [2.24, 2.45) is 5.73 Å². The van der Waals surface area contributed by atoms with E-state index in [1.807, 2.05) is 0 Å². The Bertz CT molecular complexity index is 736. The third-order valence-corrected chi connectivity index (χ3v) is 7.61. The molecule has 0 radical (unpaired) electrons. The summed E-state index contributed by atoms with van der Waals surface area (Å²) in [6.07, 6.45) is 20.2. The normalized spacial score (nSPS) is 14.2. The molecule has 41 heavy (non-hydrogen) atoms. The standard InChI is InChI=1S/C29H56NO10P/c1-3-5-6-7-8-9-10-11-12-13-14-15-16-17-18-19-20-21-28(32)40-25(22-37-27(31)4-2)23-38-41(35,36)39-24-26(30)29(33)34/h25-26H,3-24,30H2,1-2H3,(H,33,34)(H,35,36). The Morgan fingerprint density at radius 2 is 1.12 bits per heavy atom. The van der Waals surface area contributed by atoms with Gasteiger partial charge in [0, 0.05) is 12.8 Å². The van der Waals surface area contributed by atoms with Gasteiger partial charge in [0.05, 0.1) is 13.2 Å². The second kappa shape index (κ2) is 26.1. The summed E-state index contributed by atoms with van der Waals surface area (Å²) >= 11 is 0. The topological polar surface area (TPSA) is 172 Å². The Labute approximate surface area is 246 Å². The van der Waals surface area contributed by atoms with E-state index in [9.17, 15) is 23.8 Å². The van der Waals surface area contributed by atoms with Gasteiger partial charge in [0.25, 0.3) is 0 Å². The fourth-order valence-electron chi connectivity index (χ4n) is 4.10. The molecule has 0 amide bonds. The smallest absolute Gasteiger partial charge is 0.472 e. The molecular weight excluding hydrogens is 553 g/mol. The maximum atomic E-state index is 12.3. The monoisotopic (exact) mass is 609 g/mol. The van der Waals surface area contributed by atoms with Crippen LogP contribution < -0.4 is 5.73 Å². The van der Waals surface area contributed by atoms with Crippen molar-refractivity contribution in [1.29, 1.82) is 0 Å². The third-order valence-electron chi connectivity index (χ3n) is 6.66. The number of aliphatic carboxylic acids is 1. The highest BCUT2D eigenvalue weighted by atomic mass is 31.2. The van der Waals surface area contributed by atoms with Crippen LogP contribution in [0.1, 0.15) is 136 Å². The van der Waals surface area contributed by atoms with E-state index in [-0.39, 0.29) is 19.4 Å². The lowest BCUT2D eigenvalue weighted by molar-refractivity contribution is -0.161. The minimum atomic E-state index is -4.67. The minimum Gasteiger partial charge on any atom is -0.480 e. The maximum Gasteiger partial charge on any atom is 0.472 e. The van der Waals surface area contributed by atoms with Gasteiger partial charge in [-0.05, 0) is 6.42 Å². The van der Waals surface area contributed by atoms with Crippen LogP contribution >= 0.6 is 7.82 Å². The van der Waals surface area contributed by atoms with Gasteiger partial charge in [0.2, 0.25) is 0 Å². The quantitative estimate of drug-likeness (QED) is 0.0484. The molecule has 0 aromatic rings. The zero-order valence-electron chi connectivity index (χ0n) is 25.4. The van der Waals surface area contributed by atoms with Gasteiger partial charge < -0.3 is 25.2 Å². The first kappa shape index (κ1) is 39.5. The minimum absolute atomic E-state index is 0.107. The van der Waals surface area contributed by atoms with Gasteiger partial charge in [-0.2, -0.15) is 0 Å². The second-order valence-corrected chi connectivity index (χ2v) is 12.0. The van der Waals surface area contributed by atoms with Crippen LogP contribution in [0, 0.1) is 0 Å². The molecule has 12 heteroatoms. The summed E-state index contributed by atoms with van der Waals surface area (Å²) in [5.41, 5.74) is 5.24. The van der Waals surface area contributed by atoms with E-state index in [1.54, 1.807) is 6.92 Å². The highest BCUT2D eigenvalue weighted by Gasteiger charge is 2.28. The lowest BCUT2D eigenvalue weighted by atomic mass is 10.0. The van der Waals surface area contributed by atoms with Gasteiger partial charge >= 0.3 is 25.7 Å². The van der Waals surface area contributed by atoms with Crippen molar-refractivity contribution in [1.82, 2.24) is 0 Å². The fourth-order valence-corrected chi connectivity index (χ4v) is 4.88. The van der Waals surface area contributed by atoms with Gasteiger partial charge in [-0.3, -0.25) is 23.4 Å². The Morgan fingerprint density at radius 1 is 0.683 bits per heavy atom. The molecule has 3 atom stereocenters. The Hall–Kier alpha value is -1.52. The highest BCUT2D eigenvalue weighted by molar-refractivity contribution is 7.47. The molecule has 0 aromatic carbocycles. The molecule has 0 bridgehead atoms. The lowest BCUT2D eigenvalue weighted by Crippen LogP contribution is -2.34. The summed E-state index contributed by atoms with van der Waals surface area (Å²) in [7, 11) is -4.67. The zero-order chi connectivity index (χ0) is 30.8.